The van der Waals surface area contributed by atoms with Gasteiger partial charge in [-0.1, -0.05) is 43.5 Å². The SMILES string of the molecule is C[C@](Br)(CCl)[C@@H]1C[C@H](O)[C@](C)(/C(Cl)=C/Br)O1. The smallest absolute Gasteiger partial charge is 0.128 e. The maximum atomic E-state index is 10.0. The van der Waals surface area contributed by atoms with Gasteiger partial charge in [0.1, 0.15) is 5.60 Å². The molecule has 0 spiro atoms. The van der Waals surface area contributed by atoms with Crippen molar-refractivity contribution in [2.24, 2.45) is 0 Å². The lowest BCUT2D eigenvalue weighted by molar-refractivity contribution is -0.0443. The van der Waals surface area contributed by atoms with Gasteiger partial charge in [-0.15, -0.1) is 11.6 Å². The van der Waals surface area contributed by atoms with Gasteiger partial charge in [-0.05, 0) is 18.8 Å². The highest BCUT2D eigenvalue weighted by Crippen LogP contribution is 2.44. The van der Waals surface area contributed by atoms with Gasteiger partial charge in [0.15, 0.2) is 0 Å². The van der Waals surface area contributed by atoms with Crippen molar-refractivity contribution in [1.29, 1.82) is 0 Å². The van der Waals surface area contributed by atoms with Crippen molar-refractivity contribution in [1.82, 2.24) is 0 Å². The first-order valence-electron chi connectivity index (χ1n) is 4.85. The van der Waals surface area contributed by atoms with Crippen molar-refractivity contribution >= 4 is 55.1 Å². The Hall–Kier alpha value is 1.20. The first-order chi connectivity index (χ1) is 7.28. The maximum absolute atomic E-state index is 10.0. The fourth-order valence-electron chi connectivity index (χ4n) is 1.63. The summed E-state index contributed by atoms with van der Waals surface area (Å²) in [5.41, 5.74) is -0.864. The van der Waals surface area contributed by atoms with E-state index in [0.29, 0.717) is 17.3 Å². The predicted molar refractivity (Wildman–Crippen MR) is 74.8 cm³/mol. The second-order valence-corrected chi connectivity index (χ2v) is 7.28. The lowest BCUT2D eigenvalue weighted by Crippen LogP contribution is -2.39. The zero-order chi connectivity index (χ0) is 12.6. The van der Waals surface area contributed by atoms with Crippen LogP contribution in [-0.2, 0) is 4.74 Å². The van der Waals surface area contributed by atoms with Gasteiger partial charge in [0.25, 0.3) is 0 Å². The molecule has 16 heavy (non-hydrogen) atoms. The van der Waals surface area contributed by atoms with Gasteiger partial charge in [0, 0.05) is 12.3 Å². The van der Waals surface area contributed by atoms with Crippen molar-refractivity contribution in [2.45, 2.75) is 42.4 Å². The van der Waals surface area contributed by atoms with Crippen LogP contribution in [0.1, 0.15) is 20.3 Å². The molecule has 0 saturated carbocycles. The van der Waals surface area contributed by atoms with Gasteiger partial charge >= 0.3 is 0 Å². The monoisotopic (exact) mass is 394 g/mol. The van der Waals surface area contributed by atoms with E-state index in [0.717, 1.165) is 0 Å². The molecule has 0 aliphatic carbocycles. The van der Waals surface area contributed by atoms with Crippen LogP contribution in [0.2, 0.25) is 0 Å². The van der Waals surface area contributed by atoms with Gasteiger partial charge in [0.2, 0.25) is 0 Å². The highest BCUT2D eigenvalue weighted by Gasteiger charge is 2.51. The van der Waals surface area contributed by atoms with E-state index in [9.17, 15) is 5.11 Å². The standard InChI is InChI=1S/C10H14Br2Cl2O2/c1-9(12,5-13)8-3-7(15)10(2,16-8)6(14)4-11/h4,7-8,15H,3,5H2,1-2H3/b6-4-/t7-,8-,9-,10-/m0/s1. The normalized spacial score (nSPS) is 39.8. The minimum absolute atomic E-state index is 0.175. The van der Waals surface area contributed by atoms with E-state index < -0.39 is 11.7 Å². The highest BCUT2D eigenvalue weighted by atomic mass is 79.9. The first kappa shape index (κ1) is 15.3. The number of aliphatic hydroxyl groups is 1. The molecule has 1 aliphatic heterocycles. The third-order valence-corrected chi connectivity index (χ3v) is 5.84. The molecule has 1 saturated heterocycles. The van der Waals surface area contributed by atoms with Crippen molar-refractivity contribution in [3.8, 4) is 0 Å². The molecule has 0 aromatic carbocycles. The lowest BCUT2D eigenvalue weighted by atomic mass is 9.96. The van der Waals surface area contributed by atoms with Crippen LogP contribution in [0.3, 0.4) is 0 Å². The Morgan fingerprint density at radius 2 is 2.31 bits per heavy atom. The summed E-state index contributed by atoms with van der Waals surface area (Å²) < 4.78 is 5.49. The van der Waals surface area contributed by atoms with E-state index in [-0.39, 0.29) is 10.4 Å². The Labute approximate surface area is 123 Å². The average molecular weight is 397 g/mol. The number of ether oxygens (including phenoxy) is 1. The molecule has 94 valence electrons. The van der Waals surface area contributed by atoms with Crippen molar-refractivity contribution in [2.75, 3.05) is 5.88 Å². The topological polar surface area (TPSA) is 29.5 Å². The zero-order valence-electron chi connectivity index (χ0n) is 9.01. The van der Waals surface area contributed by atoms with Gasteiger partial charge in [0.05, 0.1) is 21.6 Å². The lowest BCUT2D eigenvalue weighted by Gasteiger charge is -2.31. The Kier molecular flexibility index (Phi) is 5.20. The van der Waals surface area contributed by atoms with Crippen molar-refractivity contribution in [3.63, 3.8) is 0 Å². The largest absolute Gasteiger partial charge is 0.390 e. The Balaban J connectivity index is 2.90. The maximum Gasteiger partial charge on any atom is 0.128 e. The minimum atomic E-state index is -0.864. The molecule has 0 aromatic rings. The van der Waals surface area contributed by atoms with E-state index >= 15 is 0 Å². The molecule has 0 unspecified atom stereocenters. The molecule has 0 aromatic heterocycles. The van der Waals surface area contributed by atoms with Gasteiger partial charge in [-0.3, -0.25) is 0 Å². The van der Waals surface area contributed by atoms with Crippen LogP contribution in [-0.4, -0.2) is 33.1 Å². The number of alkyl halides is 2. The molecule has 0 bridgehead atoms. The number of hydrogen-bond donors (Lipinski definition) is 1. The summed E-state index contributed by atoms with van der Waals surface area (Å²) in [6.07, 6.45) is -0.313. The summed E-state index contributed by atoms with van der Waals surface area (Å²) in [7, 11) is 0. The Morgan fingerprint density at radius 3 is 2.75 bits per heavy atom. The van der Waals surface area contributed by atoms with Gasteiger partial charge < -0.3 is 9.84 Å². The molecular weight excluding hydrogens is 383 g/mol. The van der Waals surface area contributed by atoms with Crippen molar-refractivity contribution < 1.29 is 9.84 Å². The summed E-state index contributed by atoms with van der Waals surface area (Å²) in [4.78, 5) is 1.56. The second-order valence-electron chi connectivity index (χ2n) is 4.33. The molecule has 6 heteroatoms. The molecule has 2 nitrogen and oxygen atoms in total. The number of rotatable bonds is 3. The molecule has 1 fully saturated rings. The molecule has 4 atom stereocenters. The number of aliphatic hydroxyl groups excluding tert-OH is 1. The van der Waals surface area contributed by atoms with E-state index in [2.05, 4.69) is 31.9 Å². The van der Waals surface area contributed by atoms with E-state index in [1.807, 2.05) is 6.92 Å². The molecular formula is C10H14Br2Cl2O2. The van der Waals surface area contributed by atoms with Crippen LogP contribution in [0.4, 0.5) is 0 Å². The molecule has 0 radical (unpaired) electrons. The van der Waals surface area contributed by atoms with Gasteiger partial charge in [-0.2, -0.15) is 0 Å². The van der Waals surface area contributed by atoms with Crippen molar-refractivity contribution in [3.05, 3.63) is 10.0 Å². The van der Waals surface area contributed by atoms with Crippen LogP contribution < -0.4 is 0 Å². The van der Waals surface area contributed by atoms with E-state index in [4.69, 9.17) is 27.9 Å². The summed E-state index contributed by atoms with van der Waals surface area (Å²) in [6.45, 7) is 3.71. The fraction of sp³-hybridized carbons (Fsp3) is 0.800. The fourth-order valence-corrected chi connectivity index (χ4v) is 2.71. The molecule has 1 aliphatic rings. The Morgan fingerprint density at radius 1 is 1.75 bits per heavy atom. The average Bonchev–Trinajstić information content (AvgIpc) is 2.56. The van der Waals surface area contributed by atoms with Crippen LogP contribution in [0.5, 0.6) is 0 Å². The third kappa shape index (κ3) is 2.78. The van der Waals surface area contributed by atoms with Crippen LogP contribution in [0.25, 0.3) is 0 Å². The predicted octanol–water partition coefficient (Wildman–Crippen LogP) is 3.76. The summed E-state index contributed by atoms with van der Waals surface area (Å²) in [6, 6.07) is 0. The molecule has 1 N–H and O–H groups in total. The summed E-state index contributed by atoms with van der Waals surface area (Å²) in [5.74, 6) is 0.399. The van der Waals surface area contributed by atoms with Crippen LogP contribution in [0, 0.1) is 0 Å². The second kappa shape index (κ2) is 5.45. The highest BCUT2D eigenvalue weighted by molar-refractivity contribution is 9.11. The van der Waals surface area contributed by atoms with E-state index in [1.165, 1.54) is 0 Å². The van der Waals surface area contributed by atoms with Gasteiger partial charge in [-0.25, -0.2) is 0 Å². The van der Waals surface area contributed by atoms with Crippen LogP contribution in [0.15, 0.2) is 10.0 Å². The molecule has 1 heterocycles. The zero-order valence-corrected chi connectivity index (χ0v) is 13.7. The quantitative estimate of drug-likeness (QED) is 0.736. The Bertz CT molecular complexity index is 297. The first-order valence-corrected chi connectivity index (χ1v) is 7.47. The number of halogens is 4. The summed E-state index contributed by atoms with van der Waals surface area (Å²) >= 11 is 18.6. The third-order valence-electron chi connectivity index (χ3n) is 2.96. The number of hydrogen-bond acceptors (Lipinski definition) is 2. The molecule has 1 rings (SSSR count). The summed E-state index contributed by atoms with van der Waals surface area (Å²) in [5, 5.41) is 10.5. The minimum Gasteiger partial charge on any atom is -0.390 e. The molecule has 0 amide bonds. The van der Waals surface area contributed by atoms with Crippen LogP contribution >= 0.6 is 55.1 Å². The van der Waals surface area contributed by atoms with E-state index in [1.54, 1.807) is 11.9 Å².